The molecule has 0 fully saturated rings. The van der Waals surface area contributed by atoms with Crippen LogP contribution in [0.5, 0.6) is 11.5 Å². The number of hydrogen-bond donors (Lipinski definition) is 1. The molecule has 0 saturated heterocycles. The minimum Gasteiger partial charge on any atom is -0.497 e. The van der Waals surface area contributed by atoms with Gasteiger partial charge in [0.05, 0.1) is 26.2 Å². The van der Waals surface area contributed by atoms with Gasteiger partial charge in [-0.3, -0.25) is 4.79 Å². The normalized spacial score (nSPS) is 11.1. The molecule has 0 aliphatic carbocycles. The fourth-order valence-corrected chi connectivity index (χ4v) is 1.75. The van der Waals surface area contributed by atoms with Gasteiger partial charge in [-0.25, -0.2) is 5.43 Å². The maximum Gasteiger partial charge on any atom is 0.307 e. The van der Waals surface area contributed by atoms with Crippen LogP contribution in [0.4, 0.5) is 0 Å². The van der Waals surface area contributed by atoms with E-state index in [9.17, 15) is 4.79 Å². The first-order valence-electron chi connectivity index (χ1n) is 6.26. The minimum atomic E-state index is -0.416. The van der Waals surface area contributed by atoms with Crippen molar-refractivity contribution in [3.05, 3.63) is 47.9 Å². The van der Waals surface area contributed by atoms with Gasteiger partial charge in [-0.05, 0) is 37.3 Å². The molecule has 1 N–H and O–H groups in total. The van der Waals surface area contributed by atoms with Crippen LogP contribution in [0.2, 0.25) is 0 Å². The summed E-state index contributed by atoms with van der Waals surface area (Å²) in [5, 5.41) is 4.06. The Morgan fingerprint density at radius 1 is 1.24 bits per heavy atom. The van der Waals surface area contributed by atoms with Gasteiger partial charge in [0.2, 0.25) is 0 Å². The van der Waals surface area contributed by atoms with Crippen molar-refractivity contribution in [2.75, 3.05) is 14.2 Å². The topological polar surface area (TPSA) is 73.1 Å². The highest BCUT2D eigenvalue weighted by atomic mass is 16.5. The largest absolute Gasteiger partial charge is 0.497 e. The summed E-state index contributed by atoms with van der Waals surface area (Å²) in [5.41, 5.74) is 3.75. The minimum absolute atomic E-state index is 0.198. The van der Waals surface area contributed by atoms with Gasteiger partial charge in [0, 0.05) is 5.56 Å². The Labute approximate surface area is 122 Å². The molecule has 1 heterocycles. The number of benzene rings is 1. The molecule has 0 atom stereocenters. The van der Waals surface area contributed by atoms with Crippen LogP contribution in [0.3, 0.4) is 0 Å². The van der Waals surface area contributed by atoms with Crippen molar-refractivity contribution >= 4 is 11.6 Å². The van der Waals surface area contributed by atoms with Crippen LogP contribution in [-0.2, 0) is 0 Å². The maximum atomic E-state index is 11.8. The van der Waals surface area contributed by atoms with Crippen molar-refractivity contribution in [2.24, 2.45) is 5.10 Å². The van der Waals surface area contributed by atoms with E-state index in [1.165, 1.54) is 6.26 Å². The number of nitrogens with zero attached hydrogens (tertiary/aromatic N) is 1. The SMILES string of the molecule is COc1ccc(OC)c(/C(C)=N\NC(=O)c2ccco2)c1. The van der Waals surface area contributed by atoms with Gasteiger partial charge in [-0.2, -0.15) is 5.10 Å². The fraction of sp³-hybridized carbons (Fsp3) is 0.200. The lowest BCUT2D eigenvalue weighted by Gasteiger charge is -2.10. The molecule has 2 rings (SSSR count). The summed E-state index contributed by atoms with van der Waals surface area (Å²) >= 11 is 0. The van der Waals surface area contributed by atoms with Crippen molar-refractivity contribution in [1.29, 1.82) is 0 Å². The third kappa shape index (κ3) is 3.42. The summed E-state index contributed by atoms with van der Waals surface area (Å²) in [6, 6.07) is 8.55. The molecule has 110 valence electrons. The molecule has 21 heavy (non-hydrogen) atoms. The highest BCUT2D eigenvalue weighted by molar-refractivity contribution is 6.02. The number of furan rings is 1. The first-order valence-corrected chi connectivity index (χ1v) is 6.26. The Morgan fingerprint density at radius 3 is 2.67 bits per heavy atom. The number of hydrazone groups is 1. The summed E-state index contributed by atoms with van der Waals surface area (Å²) in [6.45, 7) is 1.76. The molecular formula is C15H16N2O4. The molecule has 6 nitrogen and oxygen atoms in total. The third-order valence-corrected chi connectivity index (χ3v) is 2.87. The summed E-state index contributed by atoms with van der Waals surface area (Å²) in [6.07, 6.45) is 1.43. The van der Waals surface area contributed by atoms with Crippen LogP contribution in [0.1, 0.15) is 23.0 Å². The number of ether oxygens (including phenoxy) is 2. The Balaban J connectivity index is 2.20. The van der Waals surface area contributed by atoms with Crippen molar-refractivity contribution < 1.29 is 18.7 Å². The fourth-order valence-electron chi connectivity index (χ4n) is 1.75. The van der Waals surface area contributed by atoms with E-state index in [1.54, 1.807) is 51.5 Å². The monoisotopic (exact) mass is 288 g/mol. The van der Waals surface area contributed by atoms with Gasteiger partial charge in [-0.15, -0.1) is 0 Å². The second-order valence-electron chi connectivity index (χ2n) is 4.18. The summed E-state index contributed by atoms with van der Waals surface area (Å²) in [4.78, 5) is 11.8. The number of amides is 1. The zero-order valence-corrected chi connectivity index (χ0v) is 12.0. The van der Waals surface area contributed by atoms with E-state index in [4.69, 9.17) is 13.9 Å². The molecule has 1 aromatic heterocycles. The maximum absolute atomic E-state index is 11.8. The molecule has 6 heteroatoms. The predicted octanol–water partition coefficient (Wildman–Crippen LogP) is 2.45. The standard InChI is InChI=1S/C15H16N2O4/c1-10(16-17-15(18)14-5-4-8-21-14)12-9-11(19-2)6-7-13(12)20-3/h4-9H,1-3H3,(H,17,18)/b16-10-. The van der Waals surface area contributed by atoms with Crippen molar-refractivity contribution in [2.45, 2.75) is 6.92 Å². The molecule has 0 bridgehead atoms. The van der Waals surface area contributed by atoms with E-state index in [2.05, 4.69) is 10.5 Å². The smallest absolute Gasteiger partial charge is 0.307 e. The third-order valence-electron chi connectivity index (χ3n) is 2.87. The van der Waals surface area contributed by atoms with Crippen LogP contribution < -0.4 is 14.9 Å². The highest BCUT2D eigenvalue weighted by Gasteiger charge is 2.10. The van der Waals surface area contributed by atoms with Gasteiger partial charge in [-0.1, -0.05) is 0 Å². The molecule has 0 aliphatic heterocycles. The van der Waals surface area contributed by atoms with Crippen LogP contribution in [0.25, 0.3) is 0 Å². The van der Waals surface area contributed by atoms with E-state index >= 15 is 0 Å². The number of carbonyl (C=O) groups excluding carboxylic acids is 1. The molecule has 0 radical (unpaired) electrons. The molecule has 0 unspecified atom stereocenters. The van der Waals surface area contributed by atoms with Gasteiger partial charge >= 0.3 is 5.91 Å². The Hall–Kier alpha value is -2.76. The molecular weight excluding hydrogens is 272 g/mol. The van der Waals surface area contributed by atoms with E-state index in [0.29, 0.717) is 17.2 Å². The summed E-state index contributed by atoms with van der Waals surface area (Å²) in [7, 11) is 3.15. The van der Waals surface area contributed by atoms with Crippen molar-refractivity contribution in [3.63, 3.8) is 0 Å². The number of nitrogens with one attached hydrogen (secondary N) is 1. The number of methoxy groups -OCH3 is 2. The van der Waals surface area contributed by atoms with Gasteiger partial charge in [0.1, 0.15) is 11.5 Å². The first kappa shape index (κ1) is 14.6. The molecule has 1 amide bonds. The molecule has 0 spiro atoms. The lowest BCUT2D eigenvalue weighted by atomic mass is 10.1. The highest BCUT2D eigenvalue weighted by Crippen LogP contribution is 2.24. The van der Waals surface area contributed by atoms with Crippen LogP contribution in [0, 0.1) is 0 Å². The summed E-state index contributed by atoms with van der Waals surface area (Å²) < 4.78 is 15.4. The number of rotatable bonds is 5. The van der Waals surface area contributed by atoms with E-state index < -0.39 is 5.91 Å². The zero-order chi connectivity index (χ0) is 15.2. The molecule has 2 aromatic rings. The quantitative estimate of drug-likeness (QED) is 0.677. The average Bonchev–Trinajstić information content (AvgIpc) is 3.06. The van der Waals surface area contributed by atoms with Crippen molar-refractivity contribution in [3.8, 4) is 11.5 Å². The van der Waals surface area contributed by atoms with Crippen LogP contribution in [-0.4, -0.2) is 25.8 Å². The van der Waals surface area contributed by atoms with Crippen LogP contribution >= 0.6 is 0 Å². The van der Waals surface area contributed by atoms with E-state index in [-0.39, 0.29) is 5.76 Å². The van der Waals surface area contributed by atoms with E-state index in [1.807, 2.05) is 0 Å². The van der Waals surface area contributed by atoms with E-state index in [0.717, 1.165) is 5.56 Å². The number of carbonyl (C=O) groups is 1. The average molecular weight is 288 g/mol. The first-order chi connectivity index (χ1) is 10.2. The second-order valence-corrected chi connectivity index (χ2v) is 4.18. The zero-order valence-electron chi connectivity index (χ0n) is 12.0. The van der Waals surface area contributed by atoms with Crippen LogP contribution in [0.15, 0.2) is 46.1 Å². The van der Waals surface area contributed by atoms with Gasteiger partial charge < -0.3 is 13.9 Å². The molecule has 1 aromatic carbocycles. The second kappa shape index (κ2) is 6.60. The number of hydrogen-bond acceptors (Lipinski definition) is 5. The molecule has 0 saturated carbocycles. The van der Waals surface area contributed by atoms with Gasteiger partial charge in [0.25, 0.3) is 0 Å². The molecule has 0 aliphatic rings. The lowest BCUT2D eigenvalue weighted by molar-refractivity contribution is 0.0927. The Bertz CT molecular complexity index is 648. The Morgan fingerprint density at radius 2 is 2.05 bits per heavy atom. The van der Waals surface area contributed by atoms with Gasteiger partial charge in [0.15, 0.2) is 5.76 Å². The summed E-state index contributed by atoms with van der Waals surface area (Å²) in [5.74, 6) is 1.10. The van der Waals surface area contributed by atoms with Crippen molar-refractivity contribution in [1.82, 2.24) is 5.43 Å². The lowest BCUT2D eigenvalue weighted by Crippen LogP contribution is -2.18. The predicted molar refractivity (Wildman–Crippen MR) is 77.9 cm³/mol. The Kier molecular flexibility index (Phi) is 4.61.